The van der Waals surface area contributed by atoms with Crippen LogP contribution in [-0.4, -0.2) is 44.6 Å². The number of benzene rings is 1. The van der Waals surface area contributed by atoms with Crippen LogP contribution in [0.15, 0.2) is 18.2 Å². The molecule has 0 radical (unpaired) electrons. The summed E-state index contributed by atoms with van der Waals surface area (Å²) in [5.41, 5.74) is -0.0969. The Hall–Kier alpha value is -1.76. The Balaban J connectivity index is 2.94. The van der Waals surface area contributed by atoms with Crippen LogP contribution in [0.1, 0.15) is 10.4 Å². The number of nitrogens with zero attached hydrogens (tertiary/aromatic N) is 1. The Morgan fingerprint density at radius 3 is 2.74 bits per heavy atom. The van der Waals surface area contributed by atoms with E-state index >= 15 is 0 Å². The van der Waals surface area contributed by atoms with E-state index < -0.39 is 24.1 Å². The first kappa shape index (κ1) is 15.3. The van der Waals surface area contributed by atoms with Gasteiger partial charge in [0.2, 0.25) is 0 Å². The molecule has 1 aromatic carbocycles. The van der Waals surface area contributed by atoms with E-state index in [9.17, 15) is 18.0 Å². The van der Waals surface area contributed by atoms with E-state index in [2.05, 4.69) is 10.1 Å². The molecule has 19 heavy (non-hydrogen) atoms. The average Bonchev–Trinajstić information content (AvgIpc) is 2.34. The highest BCUT2D eigenvalue weighted by molar-refractivity contribution is 5.96. The maximum Gasteiger partial charge on any atom is 0.387 e. The number of ether oxygens (including phenoxy) is 1. The fourth-order valence-electron chi connectivity index (χ4n) is 1.45. The quantitative estimate of drug-likeness (QED) is 0.860. The molecule has 0 saturated heterocycles. The van der Waals surface area contributed by atoms with Gasteiger partial charge in [-0.05, 0) is 19.2 Å². The van der Waals surface area contributed by atoms with Gasteiger partial charge in [0, 0.05) is 26.2 Å². The number of carbonyl (C=O) groups excluding carboxylic acids is 1. The molecule has 1 aromatic rings. The molecule has 0 heterocycles. The van der Waals surface area contributed by atoms with E-state index in [-0.39, 0.29) is 5.56 Å². The normalized spacial score (nSPS) is 10.6. The highest BCUT2D eigenvalue weighted by Gasteiger charge is 2.19. The molecule has 7 heteroatoms. The van der Waals surface area contributed by atoms with Gasteiger partial charge in [-0.25, -0.2) is 4.39 Å². The molecule has 1 N–H and O–H groups in total. The molecule has 106 valence electrons. The molecule has 0 aliphatic heterocycles. The SMILES string of the molecule is CNCCN(C)C(=O)c1ccc(F)cc1OC(F)F. The second-order valence-electron chi connectivity index (χ2n) is 3.85. The zero-order chi connectivity index (χ0) is 14.4. The molecule has 0 aromatic heterocycles. The van der Waals surface area contributed by atoms with Crippen LogP contribution in [0.2, 0.25) is 0 Å². The summed E-state index contributed by atoms with van der Waals surface area (Å²) in [5.74, 6) is -1.72. The first-order chi connectivity index (χ1) is 8.95. The van der Waals surface area contributed by atoms with Crippen molar-refractivity contribution >= 4 is 5.91 Å². The molecule has 0 unspecified atom stereocenters. The number of nitrogens with one attached hydrogen (secondary N) is 1. The highest BCUT2D eigenvalue weighted by Crippen LogP contribution is 2.23. The fourth-order valence-corrected chi connectivity index (χ4v) is 1.45. The van der Waals surface area contributed by atoms with Crippen molar-refractivity contribution in [3.63, 3.8) is 0 Å². The standard InChI is InChI=1S/C12H15F3N2O2/c1-16-5-6-17(2)11(18)9-4-3-8(13)7-10(9)19-12(14)15/h3-4,7,12,16H,5-6H2,1-2H3. The van der Waals surface area contributed by atoms with Gasteiger partial charge in [-0.1, -0.05) is 0 Å². The topological polar surface area (TPSA) is 41.6 Å². The summed E-state index contributed by atoms with van der Waals surface area (Å²) in [6.45, 7) is -2.18. The van der Waals surface area contributed by atoms with E-state index in [0.717, 1.165) is 18.2 Å². The van der Waals surface area contributed by atoms with Crippen LogP contribution in [0.5, 0.6) is 5.75 Å². The van der Waals surface area contributed by atoms with Crippen molar-refractivity contribution in [1.29, 1.82) is 0 Å². The van der Waals surface area contributed by atoms with Crippen molar-refractivity contribution in [2.75, 3.05) is 27.2 Å². The third-order valence-electron chi connectivity index (χ3n) is 2.43. The Morgan fingerprint density at radius 1 is 1.47 bits per heavy atom. The predicted molar refractivity (Wildman–Crippen MR) is 63.9 cm³/mol. The summed E-state index contributed by atoms with van der Waals surface area (Å²) >= 11 is 0. The van der Waals surface area contributed by atoms with Gasteiger partial charge in [-0.3, -0.25) is 4.79 Å². The second-order valence-corrected chi connectivity index (χ2v) is 3.85. The lowest BCUT2D eigenvalue weighted by atomic mass is 10.1. The minimum Gasteiger partial charge on any atom is -0.434 e. The smallest absolute Gasteiger partial charge is 0.387 e. The molecular formula is C12H15F3N2O2. The zero-order valence-electron chi connectivity index (χ0n) is 10.6. The van der Waals surface area contributed by atoms with Crippen LogP contribution >= 0.6 is 0 Å². The van der Waals surface area contributed by atoms with E-state index in [1.54, 1.807) is 7.05 Å². The molecule has 0 saturated carbocycles. The minimum atomic E-state index is -3.11. The number of hydrogen-bond donors (Lipinski definition) is 1. The lowest BCUT2D eigenvalue weighted by Gasteiger charge is -2.18. The van der Waals surface area contributed by atoms with Crippen LogP contribution in [0, 0.1) is 5.82 Å². The van der Waals surface area contributed by atoms with Crippen molar-refractivity contribution < 1.29 is 22.7 Å². The van der Waals surface area contributed by atoms with E-state index in [1.807, 2.05) is 0 Å². The summed E-state index contributed by atoms with van der Waals surface area (Å²) in [6.07, 6.45) is 0. The largest absolute Gasteiger partial charge is 0.434 e. The van der Waals surface area contributed by atoms with Gasteiger partial charge in [0.05, 0.1) is 5.56 Å². The summed E-state index contributed by atoms with van der Waals surface area (Å²) < 4.78 is 41.6. The molecule has 0 bridgehead atoms. The Kier molecular flexibility index (Phi) is 5.62. The number of amides is 1. The summed E-state index contributed by atoms with van der Waals surface area (Å²) in [5, 5.41) is 2.86. The van der Waals surface area contributed by atoms with Gasteiger partial charge in [0.15, 0.2) is 0 Å². The molecule has 0 aliphatic rings. The molecule has 1 rings (SSSR count). The van der Waals surface area contributed by atoms with Gasteiger partial charge in [0.25, 0.3) is 5.91 Å². The van der Waals surface area contributed by atoms with Crippen LogP contribution in [-0.2, 0) is 0 Å². The van der Waals surface area contributed by atoms with Crippen LogP contribution in [0.4, 0.5) is 13.2 Å². The van der Waals surface area contributed by atoms with Crippen molar-refractivity contribution in [3.8, 4) is 5.75 Å². The number of carbonyl (C=O) groups is 1. The molecule has 0 atom stereocenters. The Labute approximate surface area is 109 Å². The van der Waals surface area contributed by atoms with Crippen molar-refractivity contribution in [2.45, 2.75) is 6.61 Å². The van der Waals surface area contributed by atoms with Crippen LogP contribution in [0.3, 0.4) is 0 Å². The van der Waals surface area contributed by atoms with Crippen LogP contribution in [0.25, 0.3) is 0 Å². The van der Waals surface area contributed by atoms with Gasteiger partial charge in [-0.2, -0.15) is 8.78 Å². The monoisotopic (exact) mass is 276 g/mol. The number of alkyl halides is 2. The van der Waals surface area contributed by atoms with E-state index in [0.29, 0.717) is 13.1 Å². The van der Waals surface area contributed by atoms with Gasteiger partial charge >= 0.3 is 6.61 Å². The maximum absolute atomic E-state index is 13.0. The molecule has 0 spiro atoms. The maximum atomic E-state index is 13.0. The van der Waals surface area contributed by atoms with Gasteiger partial charge in [-0.15, -0.1) is 0 Å². The molecule has 1 amide bonds. The average molecular weight is 276 g/mol. The van der Waals surface area contributed by atoms with E-state index in [4.69, 9.17) is 0 Å². The van der Waals surface area contributed by atoms with Crippen molar-refractivity contribution in [3.05, 3.63) is 29.6 Å². The number of hydrogen-bond acceptors (Lipinski definition) is 3. The van der Waals surface area contributed by atoms with Gasteiger partial charge < -0.3 is 15.0 Å². The van der Waals surface area contributed by atoms with Crippen LogP contribution < -0.4 is 10.1 Å². The number of likely N-dealkylation sites (N-methyl/N-ethyl adjacent to an activating group) is 2. The molecule has 4 nitrogen and oxygen atoms in total. The number of halogens is 3. The molecular weight excluding hydrogens is 261 g/mol. The highest BCUT2D eigenvalue weighted by atomic mass is 19.3. The first-order valence-electron chi connectivity index (χ1n) is 5.60. The summed E-state index contributed by atoms with van der Waals surface area (Å²) in [7, 11) is 3.25. The summed E-state index contributed by atoms with van der Waals surface area (Å²) in [4.78, 5) is 13.4. The lowest BCUT2D eigenvalue weighted by molar-refractivity contribution is -0.0504. The minimum absolute atomic E-state index is 0.0969. The first-order valence-corrected chi connectivity index (χ1v) is 5.60. The third kappa shape index (κ3) is 4.44. The van der Waals surface area contributed by atoms with E-state index in [1.165, 1.54) is 11.9 Å². The Bertz CT molecular complexity index is 441. The van der Waals surface area contributed by atoms with Gasteiger partial charge in [0.1, 0.15) is 11.6 Å². The Morgan fingerprint density at radius 2 is 2.16 bits per heavy atom. The number of rotatable bonds is 6. The lowest BCUT2D eigenvalue weighted by Crippen LogP contribution is -2.33. The molecule has 0 aliphatic carbocycles. The second kappa shape index (κ2) is 6.98. The molecule has 0 fully saturated rings. The summed E-state index contributed by atoms with van der Waals surface area (Å²) in [6, 6.07) is 2.92. The van der Waals surface area contributed by atoms with Crippen molar-refractivity contribution in [2.24, 2.45) is 0 Å². The third-order valence-corrected chi connectivity index (χ3v) is 2.43. The fraction of sp³-hybridized carbons (Fsp3) is 0.417. The predicted octanol–water partition coefficient (Wildman–Crippen LogP) is 1.72. The zero-order valence-corrected chi connectivity index (χ0v) is 10.6. The van der Waals surface area contributed by atoms with Crippen molar-refractivity contribution in [1.82, 2.24) is 10.2 Å².